The maximum atomic E-state index is 12.6. The SMILES string of the molecule is CCCCOc1c(Cl)cc(C(=O)N(C)CC(=O)NC(C)C)cc1OCC. The Kier molecular flexibility index (Phi) is 9.27. The fourth-order valence-electron chi connectivity index (χ4n) is 2.29. The summed E-state index contributed by atoms with van der Waals surface area (Å²) in [6.45, 7) is 8.56. The molecule has 0 radical (unpaired) electrons. The van der Waals surface area contributed by atoms with Gasteiger partial charge in [0.15, 0.2) is 11.5 Å². The summed E-state index contributed by atoms with van der Waals surface area (Å²) in [5, 5.41) is 3.07. The summed E-state index contributed by atoms with van der Waals surface area (Å²) in [7, 11) is 1.57. The van der Waals surface area contributed by atoms with E-state index in [-0.39, 0.29) is 24.4 Å². The molecule has 0 fully saturated rings. The zero-order valence-electron chi connectivity index (χ0n) is 16.2. The summed E-state index contributed by atoms with van der Waals surface area (Å²) in [4.78, 5) is 25.8. The molecule has 6 nitrogen and oxygen atoms in total. The number of unbranched alkanes of at least 4 members (excludes halogenated alkanes) is 1. The molecular formula is C19H29ClN2O4. The molecule has 2 amide bonds. The van der Waals surface area contributed by atoms with Gasteiger partial charge >= 0.3 is 0 Å². The average Bonchev–Trinajstić information content (AvgIpc) is 2.55. The molecule has 0 aromatic heterocycles. The van der Waals surface area contributed by atoms with Crippen LogP contribution in [0.1, 0.15) is 50.9 Å². The maximum absolute atomic E-state index is 12.6. The van der Waals surface area contributed by atoms with Crippen LogP contribution >= 0.6 is 11.6 Å². The van der Waals surface area contributed by atoms with Gasteiger partial charge in [-0.05, 0) is 39.3 Å². The van der Waals surface area contributed by atoms with E-state index < -0.39 is 0 Å². The summed E-state index contributed by atoms with van der Waals surface area (Å²) in [5.41, 5.74) is 0.348. The largest absolute Gasteiger partial charge is 0.490 e. The number of nitrogens with one attached hydrogen (secondary N) is 1. The van der Waals surface area contributed by atoms with Gasteiger partial charge in [0.1, 0.15) is 0 Å². The van der Waals surface area contributed by atoms with Gasteiger partial charge in [0.2, 0.25) is 5.91 Å². The van der Waals surface area contributed by atoms with Crippen molar-refractivity contribution in [3.63, 3.8) is 0 Å². The minimum Gasteiger partial charge on any atom is -0.490 e. The van der Waals surface area contributed by atoms with E-state index in [0.717, 1.165) is 12.8 Å². The second kappa shape index (κ2) is 10.9. The van der Waals surface area contributed by atoms with Gasteiger partial charge in [0.05, 0.1) is 24.8 Å². The Labute approximate surface area is 160 Å². The summed E-state index contributed by atoms with van der Waals surface area (Å²) >= 11 is 6.32. The normalized spacial score (nSPS) is 10.6. The first-order valence-corrected chi connectivity index (χ1v) is 9.31. The van der Waals surface area contributed by atoms with E-state index in [1.165, 1.54) is 4.90 Å². The molecule has 0 spiro atoms. The molecule has 1 N–H and O–H groups in total. The molecule has 0 atom stereocenters. The van der Waals surface area contributed by atoms with Crippen molar-refractivity contribution in [2.24, 2.45) is 0 Å². The van der Waals surface area contributed by atoms with Gasteiger partial charge in [-0.15, -0.1) is 0 Å². The van der Waals surface area contributed by atoms with Gasteiger partial charge in [0, 0.05) is 18.7 Å². The predicted molar refractivity (Wildman–Crippen MR) is 103 cm³/mol. The van der Waals surface area contributed by atoms with E-state index in [4.69, 9.17) is 21.1 Å². The molecular weight excluding hydrogens is 356 g/mol. The molecule has 1 aromatic carbocycles. The van der Waals surface area contributed by atoms with Crippen LogP contribution in [0, 0.1) is 0 Å². The van der Waals surface area contributed by atoms with Crippen molar-refractivity contribution in [2.75, 3.05) is 26.8 Å². The van der Waals surface area contributed by atoms with Crippen LogP contribution < -0.4 is 14.8 Å². The van der Waals surface area contributed by atoms with Crippen molar-refractivity contribution < 1.29 is 19.1 Å². The van der Waals surface area contributed by atoms with Gasteiger partial charge in [-0.3, -0.25) is 9.59 Å². The van der Waals surface area contributed by atoms with Crippen LogP contribution in [-0.2, 0) is 4.79 Å². The molecule has 1 rings (SSSR count). The van der Waals surface area contributed by atoms with Crippen LogP contribution in [0.3, 0.4) is 0 Å². The fraction of sp³-hybridized carbons (Fsp3) is 0.579. The van der Waals surface area contributed by atoms with Crippen LogP contribution in [0.15, 0.2) is 12.1 Å². The lowest BCUT2D eigenvalue weighted by Crippen LogP contribution is -2.40. The number of hydrogen-bond donors (Lipinski definition) is 1. The topological polar surface area (TPSA) is 67.9 Å². The summed E-state index contributed by atoms with van der Waals surface area (Å²) in [6.07, 6.45) is 1.90. The summed E-state index contributed by atoms with van der Waals surface area (Å²) in [5.74, 6) is 0.344. The quantitative estimate of drug-likeness (QED) is 0.627. The number of likely N-dealkylation sites (N-methyl/N-ethyl adjacent to an activating group) is 1. The zero-order chi connectivity index (χ0) is 19.7. The van der Waals surface area contributed by atoms with E-state index in [0.29, 0.717) is 35.3 Å². The third-order valence-corrected chi connectivity index (χ3v) is 3.76. The first kappa shape index (κ1) is 22.1. The minimum atomic E-state index is -0.313. The van der Waals surface area contributed by atoms with Crippen LogP contribution in [0.4, 0.5) is 0 Å². The third-order valence-electron chi connectivity index (χ3n) is 3.48. The Bertz CT molecular complexity index is 620. The molecule has 146 valence electrons. The lowest BCUT2D eigenvalue weighted by atomic mass is 10.1. The number of benzene rings is 1. The first-order valence-electron chi connectivity index (χ1n) is 8.94. The highest BCUT2D eigenvalue weighted by Gasteiger charge is 2.20. The smallest absolute Gasteiger partial charge is 0.254 e. The van der Waals surface area contributed by atoms with E-state index in [9.17, 15) is 9.59 Å². The molecule has 0 heterocycles. The van der Waals surface area contributed by atoms with Gasteiger partial charge in [-0.2, -0.15) is 0 Å². The van der Waals surface area contributed by atoms with Crippen molar-refractivity contribution >= 4 is 23.4 Å². The van der Waals surface area contributed by atoms with E-state index in [1.807, 2.05) is 20.8 Å². The molecule has 0 saturated carbocycles. The lowest BCUT2D eigenvalue weighted by molar-refractivity contribution is -0.122. The molecule has 0 bridgehead atoms. The number of halogens is 1. The molecule has 1 aromatic rings. The Morgan fingerprint density at radius 3 is 2.50 bits per heavy atom. The van der Waals surface area contributed by atoms with Crippen molar-refractivity contribution in [3.8, 4) is 11.5 Å². The van der Waals surface area contributed by atoms with Gasteiger partial charge in [-0.25, -0.2) is 0 Å². The highest BCUT2D eigenvalue weighted by Crippen LogP contribution is 2.37. The van der Waals surface area contributed by atoms with Crippen LogP contribution in [-0.4, -0.2) is 49.6 Å². The lowest BCUT2D eigenvalue weighted by Gasteiger charge is -2.20. The average molecular weight is 385 g/mol. The minimum absolute atomic E-state index is 0.0181. The van der Waals surface area contributed by atoms with Gasteiger partial charge in [0.25, 0.3) is 5.91 Å². The second-order valence-electron chi connectivity index (χ2n) is 6.30. The van der Waals surface area contributed by atoms with E-state index >= 15 is 0 Å². The number of ether oxygens (including phenoxy) is 2. The fourth-order valence-corrected chi connectivity index (χ4v) is 2.55. The second-order valence-corrected chi connectivity index (χ2v) is 6.71. The molecule has 0 saturated heterocycles. The third kappa shape index (κ3) is 6.75. The number of carbonyl (C=O) groups is 2. The number of hydrogen-bond acceptors (Lipinski definition) is 4. The number of carbonyl (C=O) groups excluding carboxylic acids is 2. The van der Waals surface area contributed by atoms with E-state index in [2.05, 4.69) is 12.2 Å². The van der Waals surface area contributed by atoms with Crippen molar-refractivity contribution in [1.29, 1.82) is 0 Å². The van der Waals surface area contributed by atoms with Crippen LogP contribution in [0.2, 0.25) is 5.02 Å². The highest BCUT2D eigenvalue weighted by molar-refractivity contribution is 6.32. The predicted octanol–water partition coefficient (Wildman–Crippen LogP) is 3.51. The van der Waals surface area contributed by atoms with Gasteiger partial charge < -0.3 is 19.7 Å². The van der Waals surface area contributed by atoms with Crippen LogP contribution in [0.5, 0.6) is 11.5 Å². The molecule has 0 aliphatic heterocycles. The van der Waals surface area contributed by atoms with Crippen molar-refractivity contribution in [2.45, 2.75) is 46.6 Å². The van der Waals surface area contributed by atoms with Crippen molar-refractivity contribution in [3.05, 3.63) is 22.7 Å². The summed E-state index contributed by atoms with van der Waals surface area (Å²) < 4.78 is 11.3. The number of nitrogens with zero attached hydrogens (tertiary/aromatic N) is 1. The number of amides is 2. The maximum Gasteiger partial charge on any atom is 0.254 e. The Morgan fingerprint density at radius 2 is 1.92 bits per heavy atom. The molecule has 0 aliphatic rings. The Balaban J connectivity index is 2.97. The molecule has 26 heavy (non-hydrogen) atoms. The Hall–Kier alpha value is -1.95. The first-order chi connectivity index (χ1) is 12.3. The zero-order valence-corrected chi connectivity index (χ0v) is 17.0. The molecule has 0 aliphatic carbocycles. The van der Waals surface area contributed by atoms with Crippen molar-refractivity contribution in [1.82, 2.24) is 10.2 Å². The Morgan fingerprint density at radius 1 is 1.23 bits per heavy atom. The van der Waals surface area contributed by atoms with Crippen LogP contribution in [0.25, 0.3) is 0 Å². The number of rotatable bonds is 10. The monoisotopic (exact) mass is 384 g/mol. The van der Waals surface area contributed by atoms with E-state index in [1.54, 1.807) is 19.2 Å². The standard InChI is InChI=1S/C19H29ClN2O4/c1-6-8-9-26-18-15(20)10-14(11-16(18)25-7-2)19(24)22(5)12-17(23)21-13(3)4/h10-11,13H,6-9,12H2,1-5H3,(H,21,23). The summed E-state index contributed by atoms with van der Waals surface area (Å²) in [6, 6.07) is 3.17. The molecule has 7 heteroatoms. The molecule has 0 unspecified atom stereocenters. The van der Waals surface area contributed by atoms with Gasteiger partial charge in [-0.1, -0.05) is 24.9 Å². The highest BCUT2D eigenvalue weighted by atomic mass is 35.5.